The van der Waals surface area contributed by atoms with Crippen LogP contribution in [0.1, 0.15) is 45.6 Å². The van der Waals surface area contributed by atoms with E-state index in [2.05, 4.69) is 31.1 Å². The first kappa shape index (κ1) is 25.1. The van der Waals surface area contributed by atoms with Crippen LogP contribution in [-0.4, -0.2) is 38.8 Å². The minimum absolute atomic E-state index is 0. The van der Waals surface area contributed by atoms with Gasteiger partial charge in [0.15, 0.2) is 5.96 Å². The minimum Gasteiger partial charge on any atom is -0.370 e. The van der Waals surface area contributed by atoms with Gasteiger partial charge in [-0.25, -0.2) is 17.7 Å². The Bertz CT molecular complexity index is 658. The second-order valence-corrected chi connectivity index (χ2v) is 9.15. The van der Waals surface area contributed by atoms with Gasteiger partial charge in [0.2, 0.25) is 10.0 Å². The normalized spacial score (nSPS) is 13.6. The van der Waals surface area contributed by atoms with E-state index >= 15 is 0 Å². The third-order valence-electron chi connectivity index (χ3n) is 3.95. The lowest BCUT2D eigenvalue weighted by Gasteiger charge is -2.15. The average molecular weight is 496 g/mol. The summed E-state index contributed by atoms with van der Waals surface area (Å²) < 4.78 is 25.3. The number of sulfonamides is 1. The second kappa shape index (κ2) is 11.8. The topological polar surface area (TPSA) is 87.8 Å². The third-order valence-corrected chi connectivity index (χ3v) is 5.78. The van der Waals surface area contributed by atoms with Gasteiger partial charge in [-0.1, -0.05) is 38.8 Å². The Kier molecular flexibility index (Phi) is 11.4. The molecule has 0 aliphatic heterocycles. The molecule has 150 valence electrons. The molecule has 8 heteroatoms. The van der Waals surface area contributed by atoms with Crippen molar-refractivity contribution < 1.29 is 8.42 Å². The van der Waals surface area contributed by atoms with Gasteiger partial charge in [-0.15, -0.1) is 24.0 Å². The summed E-state index contributed by atoms with van der Waals surface area (Å²) in [5, 5.41) is 3.20. The molecule has 0 aliphatic rings. The van der Waals surface area contributed by atoms with Crippen LogP contribution in [0, 0.1) is 5.92 Å². The van der Waals surface area contributed by atoms with Crippen LogP contribution < -0.4 is 11.1 Å². The van der Waals surface area contributed by atoms with Crippen molar-refractivity contribution in [1.29, 1.82) is 0 Å². The van der Waals surface area contributed by atoms with Crippen molar-refractivity contribution in [1.82, 2.24) is 9.62 Å². The zero-order valence-electron chi connectivity index (χ0n) is 16.4. The lowest BCUT2D eigenvalue weighted by molar-refractivity contribution is 0.493. The monoisotopic (exact) mass is 496 g/mol. The first-order valence-electron chi connectivity index (χ1n) is 8.71. The third kappa shape index (κ3) is 8.68. The Balaban J connectivity index is 0.00000625. The molecule has 3 N–H and O–H groups in total. The van der Waals surface area contributed by atoms with Crippen LogP contribution in [0.2, 0.25) is 0 Å². The van der Waals surface area contributed by atoms with Gasteiger partial charge in [-0.2, -0.15) is 0 Å². The van der Waals surface area contributed by atoms with Gasteiger partial charge in [-0.3, -0.25) is 0 Å². The van der Waals surface area contributed by atoms with Crippen LogP contribution >= 0.6 is 24.0 Å². The number of guanidine groups is 1. The smallest absolute Gasteiger partial charge is 0.242 e. The zero-order chi connectivity index (χ0) is 19.0. The molecule has 1 atom stereocenters. The molecule has 1 rings (SSSR count). The first-order valence-corrected chi connectivity index (χ1v) is 10.1. The Morgan fingerprint density at radius 3 is 2.23 bits per heavy atom. The number of halogens is 1. The number of aliphatic imine (C=N–C) groups is 1. The number of hydrogen-bond acceptors (Lipinski definition) is 3. The highest BCUT2D eigenvalue weighted by atomic mass is 127. The molecule has 0 spiro atoms. The molecule has 1 aromatic carbocycles. The van der Waals surface area contributed by atoms with E-state index in [1.165, 1.54) is 31.2 Å². The van der Waals surface area contributed by atoms with Crippen molar-refractivity contribution in [3.63, 3.8) is 0 Å². The molecule has 0 bridgehead atoms. The van der Waals surface area contributed by atoms with E-state index in [9.17, 15) is 8.42 Å². The molecule has 6 nitrogen and oxygen atoms in total. The maximum absolute atomic E-state index is 12.0. The molecule has 0 fully saturated rings. The number of nitrogens with one attached hydrogen (secondary N) is 1. The van der Waals surface area contributed by atoms with E-state index < -0.39 is 10.0 Å². The summed E-state index contributed by atoms with van der Waals surface area (Å²) in [6.45, 7) is 6.97. The molecular formula is C18H33IN4O2S. The van der Waals surface area contributed by atoms with Crippen molar-refractivity contribution in [2.75, 3.05) is 14.1 Å². The summed E-state index contributed by atoms with van der Waals surface area (Å²) in [5.41, 5.74) is 6.84. The van der Waals surface area contributed by atoms with Gasteiger partial charge in [0.25, 0.3) is 0 Å². The number of hydrogen-bond donors (Lipinski definition) is 2. The lowest BCUT2D eigenvalue weighted by Crippen LogP contribution is -2.38. The summed E-state index contributed by atoms with van der Waals surface area (Å²) in [4.78, 5) is 4.60. The highest BCUT2D eigenvalue weighted by molar-refractivity contribution is 14.0. The average Bonchev–Trinajstić information content (AvgIpc) is 2.52. The van der Waals surface area contributed by atoms with Crippen molar-refractivity contribution in [3.8, 4) is 0 Å². The molecule has 0 aliphatic carbocycles. The summed E-state index contributed by atoms with van der Waals surface area (Å²) in [5.74, 6) is 1.14. The van der Waals surface area contributed by atoms with Gasteiger partial charge < -0.3 is 11.1 Å². The van der Waals surface area contributed by atoms with Gasteiger partial charge >= 0.3 is 0 Å². The molecule has 0 saturated heterocycles. The van der Waals surface area contributed by atoms with E-state index in [1.807, 2.05) is 0 Å². The predicted octanol–water partition coefficient (Wildman–Crippen LogP) is 3.17. The number of nitrogens with two attached hydrogens (primary N) is 1. The van der Waals surface area contributed by atoms with Crippen molar-refractivity contribution in [2.45, 2.75) is 57.5 Å². The maximum atomic E-state index is 12.0. The fourth-order valence-electron chi connectivity index (χ4n) is 2.36. The Morgan fingerprint density at radius 2 is 1.73 bits per heavy atom. The SMILES string of the molecule is CC(C)CCCC(C)NC(N)=NCc1ccc(S(=O)(=O)N(C)C)cc1.I. The molecule has 0 aromatic heterocycles. The largest absolute Gasteiger partial charge is 0.370 e. The molecule has 1 unspecified atom stereocenters. The fraction of sp³-hybridized carbons (Fsp3) is 0.611. The number of rotatable bonds is 9. The molecule has 0 amide bonds. The number of benzene rings is 1. The molecule has 26 heavy (non-hydrogen) atoms. The highest BCUT2D eigenvalue weighted by Gasteiger charge is 2.16. The van der Waals surface area contributed by atoms with Crippen LogP contribution in [0.4, 0.5) is 0 Å². The van der Waals surface area contributed by atoms with Gasteiger partial charge in [0.1, 0.15) is 0 Å². The van der Waals surface area contributed by atoms with Crippen LogP contribution in [0.15, 0.2) is 34.2 Å². The Labute approximate surface area is 175 Å². The number of nitrogens with zero attached hydrogens (tertiary/aromatic N) is 2. The standard InChI is InChI=1S/C18H32N4O2S.HI/c1-14(2)7-6-8-15(3)21-18(19)20-13-16-9-11-17(12-10-16)25(23,24)22(4)5;/h9-12,14-15H,6-8,13H2,1-5H3,(H3,19,20,21);1H. The summed E-state index contributed by atoms with van der Waals surface area (Å²) in [6.07, 6.45) is 3.44. The Morgan fingerprint density at radius 1 is 1.15 bits per heavy atom. The van der Waals surface area contributed by atoms with E-state index in [0.29, 0.717) is 12.5 Å². The minimum atomic E-state index is -3.40. The van der Waals surface area contributed by atoms with Crippen LogP contribution in [0.5, 0.6) is 0 Å². The molecule has 0 heterocycles. The summed E-state index contributed by atoms with van der Waals surface area (Å²) >= 11 is 0. The van der Waals surface area contributed by atoms with Crippen molar-refractivity contribution >= 4 is 40.0 Å². The molecule has 0 radical (unpaired) electrons. The maximum Gasteiger partial charge on any atom is 0.242 e. The van der Waals surface area contributed by atoms with Crippen LogP contribution in [-0.2, 0) is 16.6 Å². The molecular weight excluding hydrogens is 463 g/mol. The first-order chi connectivity index (χ1) is 11.6. The highest BCUT2D eigenvalue weighted by Crippen LogP contribution is 2.14. The molecule has 1 aromatic rings. The summed E-state index contributed by atoms with van der Waals surface area (Å²) in [7, 11) is -0.363. The van der Waals surface area contributed by atoms with E-state index in [1.54, 1.807) is 24.3 Å². The summed E-state index contributed by atoms with van der Waals surface area (Å²) in [6, 6.07) is 7.00. The fourth-order valence-corrected chi connectivity index (χ4v) is 3.26. The van der Waals surface area contributed by atoms with Gasteiger partial charge in [0.05, 0.1) is 11.4 Å². The Hall–Kier alpha value is -0.870. The van der Waals surface area contributed by atoms with Crippen molar-refractivity contribution in [3.05, 3.63) is 29.8 Å². The predicted molar refractivity (Wildman–Crippen MR) is 119 cm³/mol. The lowest BCUT2D eigenvalue weighted by atomic mass is 10.0. The van der Waals surface area contributed by atoms with E-state index in [0.717, 1.165) is 17.9 Å². The second-order valence-electron chi connectivity index (χ2n) is 7.00. The van der Waals surface area contributed by atoms with Gasteiger partial charge in [-0.05, 0) is 37.0 Å². The quantitative estimate of drug-likeness (QED) is 0.312. The van der Waals surface area contributed by atoms with E-state index in [4.69, 9.17) is 5.73 Å². The van der Waals surface area contributed by atoms with E-state index in [-0.39, 0.29) is 34.9 Å². The zero-order valence-corrected chi connectivity index (χ0v) is 19.5. The van der Waals surface area contributed by atoms with Crippen molar-refractivity contribution in [2.24, 2.45) is 16.6 Å². The van der Waals surface area contributed by atoms with Crippen LogP contribution in [0.25, 0.3) is 0 Å². The van der Waals surface area contributed by atoms with Crippen LogP contribution in [0.3, 0.4) is 0 Å². The van der Waals surface area contributed by atoms with Gasteiger partial charge in [0, 0.05) is 20.1 Å². The molecule has 0 saturated carbocycles.